The van der Waals surface area contributed by atoms with E-state index in [9.17, 15) is 36.4 Å². The number of fused-ring (bicyclic) bond motifs is 5. The number of nitrogens with zero attached hydrogens (tertiary/aromatic N) is 3. The van der Waals surface area contributed by atoms with Crippen molar-refractivity contribution < 1.29 is 50.6 Å². The summed E-state index contributed by atoms with van der Waals surface area (Å²) >= 11 is 0. The number of alkyl carbamates (subject to hydrolysis) is 1. The van der Waals surface area contributed by atoms with Crippen LogP contribution in [-0.2, 0) is 35.6 Å². The lowest BCUT2D eigenvalue weighted by atomic mass is 9.85. The van der Waals surface area contributed by atoms with E-state index in [4.69, 9.17) is 19.2 Å². The van der Waals surface area contributed by atoms with E-state index in [0.717, 1.165) is 43.1 Å². The molecule has 1 aromatic heterocycles. The fourth-order valence-corrected chi connectivity index (χ4v) is 10.5. The van der Waals surface area contributed by atoms with Crippen molar-refractivity contribution in [3.63, 3.8) is 0 Å². The largest absolute Gasteiger partial charge is 0.492 e. The Labute approximate surface area is 367 Å². The highest BCUT2D eigenvalue weighted by Gasteiger charge is 2.63. The van der Waals surface area contributed by atoms with Crippen LogP contribution in [0.15, 0.2) is 36.9 Å². The lowest BCUT2D eigenvalue weighted by molar-refractivity contribution is -0.142. The van der Waals surface area contributed by atoms with E-state index in [0.29, 0.717) is 43.5 Å². The number of para-hydroxylation sites is 1. The number of hydrogen-bond acceptors (Lipinski definition) is 11. The Morgan fingerprint density at radius 3 is 2.52 bits per heavy atom. The van der Waals surface area contributed by atoms with Gasteiger partial charge >= 0.3 is 6.09 Å². The maximum absolute atomic E-state index is 14.8. The number of ether oxygens (including phenoxy) is 3. The smallest absolute Gasteiger partial charge is 0.408 e. The number of halogens is 2. The van der Waals surface area contributed by atoms with Crippen molar-refractivity contribution in [3.05, 3.63) is 42.5 Å². The first kappa shape index (κ1) is 45.0. The van der Waals surface area contributed by atoms with Gasteiger partial charge < -0.3 is 29.7 Å². The highest BCUT2D eigenvalue weighted by Crippen LogP contribution is 2.47. The number of amides is 4. The van der Waals surface area contributed by atoms with Crippen LogP contribution in [0.4, 0.5) is 13.6 Å². The molecule has 0 unspecified atom stereocenters. The Hall–Kier alpha value is -4.58. The predicted octanol–water partition coefficient (Wildman–Crippen LogP) is 5.01. The Morgan fingerprint density at radius 2 is 1.84 bits per heavy atom. The molecule has 3 N–H and O–H groups in total. The van der Waals surface area contributed by atoms with Gasteiger partial charge in [-0.3, -0.25) is 24.0 Å². The molecule has 2 bridgehead atoms. The second-order valence-electron chi connectivity index (χ2n) is 19.9. The Kier molecular flexibility index (Phi) is 12.0. The number of rotatable bonds is 11. The number of benzene rings is 1. The van der Waals surface area contributed by atoms with Crippen molar-refractivity contribution in [1.29, 1.82) is 0 Å². The third-order valence-corrected chi connectivity index (χ3v) is 15.8. The summed E-state index contributed by atoms with van der Waals surface area (Å²) in [7, 11) is -4.04. The number of carbonyl (C=O) groups excluding carboxylic acids is 4. The molecule has 344 valence electrons. The minimum Gasteiger partial charge on any atom is -0.492 e. The van der Waals surface area contributed by atoms with E-state index in [-0.39, 0.29) is 57.0 Å². The summed E-state index contributed by atoms with van der Waals surface area (Å²) in [4.78, 5) is 64.6. The van der Waals surface area contributed by atoms with Crippen molar-refractivity contribution in [2.75, 3.05) is 32.8 Å². The van der Waals surface area contributed by atoms with E-state index in [2.05, 4.69) is 21.9 Å². The molecular weight excluding hydrogens is 839 g/mol. The second kappa shape index (κ2) is 16.8. The lowest BCUT2D eigenvalue weighted by Gasteiger charge is -2.38. The number of likely N-dealkylation sites (tertiary alicyclic amines) is 1. The Morgan fingerprint density at radius 1 is 1.10 bits per heavy atom. The number of nitrogens with one attached hydrogen (secondary N) is 3. The van der Waals surface area contributed by atoms with Crippen LogP contribution >= 0.6 is 0 Å². The zero-order valence-electron chi connectivity index (χ0n) is 36.6. The Balaban J connectivity index is 1.11. The molecule has 1 aromatic carbocycles. The van der Waals surface area contributed by atoms with Gasteiger partial charge in [0, 0.05) is 24.3 Å². The summed E-state index contributed by atoms with van der Waals surface area (Å²) in [6.45, 7) is 10.9. The number of sulfonamides is 1. The first-order valence-corrected chi connectivity index (χ1v) is 23.8. The van der Waals surface area contributed by atoms with E-state index in [1.54, 1.807) is 32.6 Å². The molecule has 3 aliphatic carbocycles. The third kappa shape index (κ3) is 9.48. The van der Waals surface area contributed by atoms with Crippen LogP contribution in [0.2, 0.25) is 0 Å². The third-order valence-electron chi connectivity index (χ3n) is 13.7. The van der Waals surface area contributed by atoms with E-state index < -0.39 is 79.6 Å². The summed E-state index contributed by atoms with van der Waals surface area (Å²) < 4.78 is 73.6. The van der Waals surface area contributed by atoms with Gasteiger partial charge in [0.25, 0.3) is 11.8 Å². The number of carbonyl (C=O) groups is 4. The molecule has 7 atom stereocenters. The standard InChI is InChI=1S/C45H60F2N6O9S/c1-6-28-23-45(28,40(56)51-63(58,59)43(5)17-18-43)50-37(54)33-22-29-24-53(33)39(55)36(42(2,3)4)49-41(57)62-34-21-27(34)13-8-7-9-15-31-35(60-20-12-19-52-25-44(46,47)26-52)30-14-10-11-16-32(30)48-38(31)61-29/h6,10-11,14,16,27-29,33-34,36H,1,7-9,12-13,15,17-26H2,2-5H3,(H,49,57)(H,50,54)(H,51,56)/t27-,28-,29-,33+,34-,36-,45-/m1/s1. The van der Waals surface area contributed by atoms with Crippen LogP contribution in [0.5, 0.6) is 11.6 Å². The predicted molar refractivity (Wildman–Crippen MR) is 229 cm³/mol. The average molecular weight is 899 g/mol. The van der Waals surface area contributed by atoms with Crippen LogP contribution < -0.4 is 24.8 Å². The van der Waals surface area contributed by atoms with Gasteiger partial charge in [0.1, 0.15) is 35.6 Å². The summed E-state index contributed by atoms with van der Waals surface area (Å²) in [5.74, 6) is -4.29. The van der Waals surface area contributed by atoms with Crippen molar-refractivity contribution in [2.45, 2.75) is 139 Å². The molecule has 4 amide bonds. The molecule has 15 nitrogen and oxygen atoms in total. The highest BCUT2D eigenvalue weighted by molar-refractivity contribution is 7.91. The molecule has 6 aliphatic rings. The highest BCUT2D eigenvalue weighted by atomic mass is 32.2. The summed E-state index contributed by atoms with van der Waals surface area (Å²) in [5.41, 5.74) is -1.14. The van der Waals surface area contributed by atoms with Gasteiger partial charge in [-0.1, -0.05) is 51.8 Å². The zero-order chi connectivity index (χ0) is 45.1. The monoisotopic (exact) mass is 898 g/mol. The van der Waals surface area contributed by atoms with Gasteiger partial charge in [0.2, 0.25) is 27.7 Å². The quantitative estimate of drug-likeness (QED) is 0.204. The lowest BCUT2D eigenvalue weighted by Crippen LogP contribution is -2.60. The van der Waals surface area contributed by atoms with Crippen molar-refractivity contribution in [1.82, 2.24) is 30.1 Å². The maximum atomic E-state index is 14.8. The number of alkyl halides is 2. The number of pyridine rings is 1. The number of aromatic nitrogens is 1. The number of hydrogen-bond donors (Lipinski definition) is 3. The van der Waals surface area contributed by atoms with E-state index in [1.807, 2.05) is 24.3 Å². The van der Waals surface area contributed by atoms with E-state index in [1.165, 1.54) is 11.0 Å². The zero-order valence-corrected chi connectivity index (χ0v) is 37.4. The molecule has 4 heterocycles. The van der Waals surface area contributed by atoms with Crippen molar-refractivity contribution in [2.24, 2.45) is 17.3 Å². The summed E-state index contributed by atoms with van der Waals surface area (Å²) in [6.07, 6.45) is 5.75. The fraction of sp³-hybridized carbons (Fsp3) is 0.667. The first-order valence-electron chi connectivity index (χ1n) is 22.3. The summed E-state index contributed by atoms with van der Waals surface area (Å²) in [6, 6.07) is 5.16. The first-order chi connectivity index (χ1) is 29.7. The molecule has 8 rings (SSSR count). The van der Waals surface area contributed by atoms with E-state index >= 15 is 0 Å². The molecule has 2 aromatic rings. The molecule has 18 heteroatoms. The van der Waals surface area contributed by atoms with Crippen LogP contribution in [0.25, 0.3) is 10.9 Å². The van der Waals surface area contributed by atoms with Gasteiger partial charge in [-0.25, -0.2) is 27.0 Å². The summed E-state index contributed by atoms with van der Waals surface area (Å²) in [5, 5.41) is 6.40. The molecule has 3 saturated carbocycles. The van der Waals surface area contributed by atoms with Crippen LogP contribution in [-0.4, -0.2) is 120 Å². The van der Waals surface area contributed by atoms with Crippen LogP contribution in [0.1, 0.15) is 97.5 Å². The van der Waals surface area contributed by atoms with Gasteiger partial charge in [-0.15, -0.1) is 6.58 Å². The van der Waals surface area contributed by atoms with Gasteiger partial charge in [0.05, 0.1) is 42.1 Å². The second-order valence-corrected chi connectivity index (χ2v) is 22.1. The Bertz CT molecular complexity index is 2260. The molecule has 2 saturated heterocycles. The van der Waals surface area contributed by atoms with Gasteiger partial charge in [-0.2, -0.15) is 0 Å². The minimum absolute atomic E-state index is 0.0277. The van der Waals surface area contributed by atoms with Crippen molar-refractivity contribution in [3.8, 4) is 11.6 Å². The molecule has 3 aliphatic heterocycles. The van der Waals surface area contributed by atoms with Gasteiger partial charge in [-0.05, 0) is 81.8 Å². The molecule has 0 spiro atoms. The topological polar surface area (TPSA) is 186 Å². The van der Waals surface area contributed by atoms with Crippen LogP contribution in [0, 0.1) is 17.3 Å². The maximum Gasteiger partial charge on any atom is 0.408 e. The molecule has 63 heavy (non-hydrogen) atoms. The molecular formula is C45H60F2N6O9S. The van der Waals surface area contributed by atoms with Crippen molar-refractivity contribution >= 4 is 44.7 Å². The minimum atomic E-state index is -4.04. The normalized spacial score (nSPS) is 30.4. The SMILES string of the molecule is C=C[C@@H]1C[C@]1(NC(=O)[C@@H]1C[C@@H]2CN1C(=O)[C@H](C(C)(C)C)NC(=O)O[C@@H]1C[C@H]1CCCCCc1c(nc3ccccc3c1OCCCN1CC(F)(F)C1)O2)C(=O)NS(=O)(=O)C1(C)CC1. The average Bonchev–Trinajstić information content (AvgIpc) is 4.16. The molecule has 5 fully saturated rings. The van der Waals surface area contributed by atoms with Crippen LogP contribution in [0.3, 0.4) is 0 Å². The van der Waals surface area contributed by atoms with Gasteiger partial charge in [0.15, 0.2) is 0 Å². The molecule has 0 radical (unpaired) electrons. The fourth-order valence-electron chi connectivity index (χ4n) is 9.22.